The highest BCUT2D eigenvalue weighted by Gasteiger charge is 2.32. The molecule has 2 heterocycles. The van der Waals surface area contributed by atoms with E-state index in [0.717, 1.165) is 37.1 Å². The van der Waals surface area contributed by atoms with Crippen LogP contribution >= 0.6 is 0 Å². The first kappa shape index (κ1) is 15.8. The number of benzene rings is 1. The van der Waals surface area contributed by atoms with E-state index in [-0.39, 0.29) is 12.0 Å². The number of carbonyl (C=O) groups is 1. The van der Waals surface area contributed by atoms with Crippen LogP contribution in [-0.2, 0) is 11.2 Å². The van der Waals surface area contributed by atoms with Gasteiger partial charge in [-0.15, -0.1) is 0 Å². The summed E-state index contributed by atoms with van der Waals surface area (Å²) in [5, 5.41) is 9.36. The Labute approximate surface area is 136 Å². The summed E-state index contributed by atoms with van der Waals surface area (Å²) in [6.45, 7) is 3.60. The van der Waals surface area contributed by atoms with Crippen molar-refractivity contribution in [2.45, 2.75) is 32.2 Å². The van der Waals surface area contributed by atoms with Crippen LogP contribution < -0.4 is 0 Å². The second kappa shape index (κ2) is 7.01. The van der Waals surface area contributed by atoms with Crippen molar-refractivity contribution in [3.63, 3.8) is 0 Å². The van der Waals surface area contributed by atoms with Gasteiger partial charge in [0, 0.05) is 6.54 Å². The van der Waals surface area contributed by atoms with Crippen LogP contribution in [0, 0.1) is 5.92 Å². The summed E-state index contributed by atoms with van der Waals surface area (Å²) in [5.74, 6) is -0.120. The van der Waals surface area contributed by atoms with Crippen molar-refractivity contribution in [2.24, 2.45) is 5.92 Å². The zero-order valence-corrected chi connectivity index (χ0v) is 13.4. The van der Waals surface area contributed by atoms with E-state index >= 15 is 0 Å². The minimum absolute atomic E-state index is 0.0157. The standard InChI is InChI=1S/C19H23NO3/c1-2-14-7-9-15(10-8-14)18(17-6-4-12-23-17)20-11-3-5-16(13-20)19(21)22/h4,6-10,12,16,18H,2-3,5,11,13H2,1H3,(H,21,22). The summed E-state index contributed by atoms with van der Waals surface area (Å²) in [5.41, 5.74) is 2.46. The molecular formula is C19H23NO3. The van der Waals surface area contributed by atoms with Crippen molar-refractivity contribution in [1.29, 1.82) is 0 Å². The van der Waals surface area contributed by atoms with Crippen molar-refractivity contribution in [3.8, 4) is 0 Å². The van der Waals surface area contributed by atoms with Crippen LogP contribution in [0.15, 0.2) is 47.1 Å². The number of aliphatic carboxylic acids is 1. The lowest BCUT2D eigenvalue weighted by Crippen LogP contribution is -2.41. The average molecular weight is 313 g/mol. The number of hydrogen-bond donors (Lipinski definition) is 1. The maximum Gasteiger partial charge on any atom is 0.307 e. The number of carboxylic acid groups (broad SMARTS) is 1. The molecule has 0 amide bonds. The summed E-state index contributed by atoms with van der Waals surface area (Å²) in [4.78, 5) is 13.6. The summed E-state index contributed by atoms with van der Waals surface area (Å²) in [6.07, 6.45) is 4.35. The molecule has 0 saturated carbocycles. The molecule has 4 nitrogen and oxygen atoms in total. The largest absolute Gasteiger partial charge is 0.481 e. The number of nitrogens with zero attached hydrogens (tertiary/aromatic N) is 1. The fourth-order valence-electron chi connectivity index (χ4n) is 3.38. The highest BCUT2D eigenvalue weighted by atomic mass is 16.4. The zero-order valence-electron chi connectivity index (χ0n) is 13.4. The van der Waals surface area contributed by atoms with Crippen LogP contribution in [0.2, 0.25) is 0 Å². The molecule has 1 N–H and O–H groups in total. The van der Waals surface area contributed by atoms with Crippen LogP contribution in [-0.4, -0.2) is 29.1 Å². The number of carboxylic acids is 1. The van der Waals surface area contributed by atoms with Gasteiger partial charge in [-0.1, -0.05) is 31.2 Å². The van der Waals surface area contributed by atoms with Gasteiger partial charge in [0.2, 0.25) is 0 Å². The second-order valence-electron chi connectivity index (χ2n) is 6.19. The Bertz CT molecular complexity index is 633. The highest BCUT2D eigenvalue weighted by molar-refractivity contribution is 5.70. The lowest BCUT2D eigenvalue weighted by molar-refractivity contribution is -0.143. The Morgan fingerprint density at radius 1 is 1.35 bits per heavy atom. The first-order valence-electron chi connectivity index (χ1n) is 8.28. The lowest BCUT2D eigenvalue weighted by Gasteiger charge is -2.36. The summed E-state index contributed by atoms with van der Waals surface area (Å²) in [6, 6.07) is 12.4. The number of piperidine rings is 1. The van der Waals surface area contributed by atoms with Gasteiger partial charge in [-0.25, -0.2) is 0 Å². The number of rotatable bonds is 5. The van der Waals surface area contributed by atoms with Crippen LogP contribution in [0.1, 0.15) is 42.7 Å². The highest BCUT2D eigenvalue weighted by Crippen LogP contribution is 2.33. The number of likely N-dealkylation sites (tertiary alicyclic amines) is 1. The van der Waals surface area contributed by atoms with E-state index in [9.17, 15) is 9.90 Å². The Morgan fingerprint density at radius 2 is 2.13 bits per heavy atom. The van der Waals surface area contributed by atoms with Crippen molar-refractivity contribution in [1.82, 2.24) is 4.90 Å². The van der Waals surface area contributed by atoms with E-state index < -0.39 is 5.97 Å². The normalized spacial score (nSPS) is 20.3. The second-order valence-corrected chi connectivity index (χ2v) is 6.19. The van der Waals surface area contributed by atoms with Crippen LogP contribution in [0.3, 0.4) is 0 Å². The molecule has 1 aliphatic rings. The molecule has 1 aromatic heterocycles. The van der Waals surface area contributed by atoms with E-state index in [1.165, 1.54) is 5.56 Å². The number of aryl methyl sites for hydroxylation is 1. The van der Waals surface area contributed by atoms with Gasteiger partial charge >= 0.3 is 5.97 Å². The van der Waals surface area contributed by atoms with Crippen molar-refractivity contribution < 1.29 is 14.3 Å². The van der Waals surface area contributed by atoms with E-state index in [2.05, 4.69) is 36.1 Å². The van der Waals surface area contributed by atoms with Gasteiger partial charge in [0.25, 0.3) is 0 Å². The number of furan rings is 1. The van der Waals surface area contributed by atoms with Crippen LogP contribution in [0.4, 0.5) is 0 Å². The smallest absolute Gasteiger partial charge is 0.307 e. The molecule has 0 radical (unpaired) electrons. The van der Waals surface area contributed by atoms with E-state index in [4.69, 9.17) is 4.42 Å². The van der Waals surface area contributed by atoms with Gasteiger partial charge in [0.05, 0.1) is 18.2 Å². The molecular weight excluding hydrogens is 290 g/mol. The quantitative estimate of drug-likeness (QED) is 0.914. The first-order chi connectivity index (χ1) is 11.2. The third-order valence-electron chi connectivity index (χ3n) is 4.68. The first-order valence-corrected chi connectivity index (χ1v) is 8.28. The number of hydrogen-bond acceptors (Lipinski definition) is 3. The molecule has 0 spiro atoms. The van der Waals surface area contributed by atoms with Crippen LogP contribution in [0.25, 0.3) is 0 Å². The predicted molar refractivity (Wildman–Crippen MR) is 88.3 cm³/mol. The maximum atomic E-state index is 11.4. The lowest BCUT2D eigenvalue weighted by atomic mass is 9.93. The monoisotopic (exact) mass is 313 g/mol. The molecule has 122 valence electrons. The van der Waals surface area contributed by atoms with Crippen LogP contribution in [0.5, 0.6) is 0 Å². The van der Waals surface area contributed by atoms with Gasteiger partial charge in [0.15, 0.2) is 0 Å². The predicted octanol–water partition coefficient (Wildman–Crippen LogP) is 3.73. The summed E-state index contributed by atoms with van der Waals surface area (Å²) < 4.78 is 5.67. The molecule has 1 fully saturated rings. The van der Waals surface area contributed by atoms with Gasteiger partial charge in [0.1, 0.15) is 5.76 Å². The minimum Gasteiger partial charge on any atom is -0.481 e. The third kappa shape index (κ3) is 3.48. The molecule has 2 aromatic rings. The Kier molecular flexibility index (Phi) is 4.82. The Hall–Kier alpha value is -2.07. The SMILES string of the molecule is CCc1ccc(C(c2ccco2)N2CCCC(C(=O)O)C2)cc1. The molecule has 2 atom stereocenters. The van der Waals surface area contributed by atoms with Crippen molar-refractivity contribution >= 4 is 5.97 Å². The van der Waals surface area contributed by atoms with Gasteiger partial charge in [-0.2, -0.15) is 0 Å². The fourth-order valence-corrected chi connectivity index (χ4v) is 3.38. The van der Waals surface area contributed by atoms with Crippen molar-refractivity contribution in [3.05, 3.63) is 59.5 Å². The molecule has 23 heavy (non-hydrogen) atoms. The molecule has 1 aromatic carbocycles. The average Bonchev–Trinajstić information content (AvgIpc) is 3.10. The molecule has 2 unspecified atom stereocenters. The molecule has 4 heteroatoms. The maximum absolute atomic E-state index is 11.4. The minimum atomic E-state index is -0.700. The zero-order chi connectivity index (χ0) is 16.2. The Balaban J connectivity index is 1.90. The van der Waals surface area contributed by atoms with E-state index in [1.807, 2.05) is 12.1 Å². The van der Waals surface area contributed by atoms with E-state index in [1.54, 1.807) is 6.26 Å². The molecule has 1 saturated heterocycles. The van der Waals surface area contributed by atoms with Gasteiger partial charge < -0.3 is 9.52 Å². The topological polar surface area (TPSA) is 53.7 Å². The summed E-state index contributed by atoms with van der Waals surface area (Å²) >= 11 is 0. The molecule has 1 aliphatic heterocycles. The Morgan fingerprint density at radius 3 is 2.74 bits per heavy atom. The van der Waals surface area contributed by atoms with E-state index in [0.29, 0.717) is 6.54 Å². The molecule has 3 rings (SSSR count). The molecule has 0 aliphatic carbocycles. The summed E-state index contributed by atoms with van der Waals surface area (Å²) in [7, 11) is 0. The fraction of sp³-hybridized carbons (Fsp3) is 0.421. The molecule has 0 bridgehead atoms. The third-order valence-corrected chi connectivity index (χ3v) is 4.68. The van der Waals surface area contributed by atoms with Gasteiger partial charge in [-0.05, 0) is 49.1 Å². The van der Waals surface area contributed by atoms with Crippen molar-refractivity contribution in [2.75, 3.05) is 13.1 Å². The van der Waals surface area contributed by atoms with Gasteiger partial charge in [-0.3, -0.25) is 9.69 Å².